The molecule has 2 fully saturated rings. The number of amides is 1. The second-order valence-corrected chi connectivity index (χ2v) is 10.3. The van der Waals surface area contributed by atoms with Gasteiger partial charge >= 0.3 is 0 Å². The number of likely N-dealkylation sites (N-methyl/N-ethyl adjacent to an activating group) is 1. The molecular formula is C22H35N3O4S. The lowest BCUT2D eigenvalue weighted by atomic mass is 10.1. The zero-order chi connectivity index (χ0) is 21.9. The van der Waals surface area contributed by atoms with Crippen LogP contribution in [0.5, 0.6) is 0 Å². The lowest BCUT2D eigenvalue weighted by molar-refractivity contribution is -0.138. The summed E-state index contributed by atoms with van der Waals surface area (Å²) in [4.78, 5) is 17.0. The molecule has 0 unspecified atom stereocenters. The molecule has 8 heteroatoms. The summed E-state index contributed by atoms with van der Waals surface area (Å²) in [7, 11) is -3.59. The van der Waals surface area contributed by atoms with Crippen LogP contribution in [-0.4, -0.2) is 87.0 Å². The van der Waals surface area contributed by atoms with Gasteiger partial charge in [-0.1, -0.05) is 24.6 Å². The van der Waals surface area contributed by atoms with Crippen LogP contribution >= 0.6 is 0 Å². The lowest BCUT2D eigenvalue weighted by Crippen LogP contribution is -2.49. The Kier molecular flexibility index (Phi) is 7.55. The van der Waals surface area contributed by atoms with Crippen molar-refractivity contribution in [3.05, 3.63) is 28.8 Å². The minimum atomic E-state index is -3.59. The van der Waals surface area contributed by atoms with Crippen molar-refractivity contribution in [3.8, 4) is 0 Å². The van der Waals surface area contributed by atoms with Crippen molar-refractivity contribution in [2.75, 3.05) is 52.5 Å². The molecule has 1 aromatic carbocycles. The van der Waals surface area contributed by atoms with E-state index < -0.39 is 10.0 Å². The molecule has 0 bridgehead atoms. The molecule has 0 aromatic heterocycles. The van der Waals surface area contributed by atoms with E-state index in [1.165, 1.54) is 0 Å². The number of sulfonamides is 1. The van der Waals surface area contributed by atoms with Crippen LogP contribution in [0.2, 0.25) is 0 Å². The molecule has 2 saturated heterocycles. The number of piperazine rings is 1. The first-order valence-corrected chi connectivity index (χ1v) is 12.4. The summed E-state index contributed by atoms with van der Waals surface area (Å²) >= 11 is 0. The van der Waals surface area contributed by atoms with Crippen molar-refractivity contribution in [2.24, 2.45) is 0 Å². The second-order valence-electron chi connectivity index (χ2n) is 8.47. The van der Waals surface area contributed by atoms with Crippen molar-refractivity contribution in [3.63, 3.8) is 0 Å². The zero-order valence-corrected chi connectivity index (χ0v) is 19.5. The maximum Gasteiger partial charge on any atom is 0.248 e. The number of nitrogens with zero attached hydrogens (tertiary/aromatic N) is 3. The third kappa shape index (κ3) is 5.04. The Bertz CT molecular complexity index is 840. The highest BCUT2D eigenvalue weighted by Crippen LogP contribution is 2.30. The van der Waals surface area contributed by atoms with Crippen molar-refractivity contribution >= 4 is 15.9 Å². The number of benzene rings is 1. The predicted octanol–water partition coefficient (Wildman–Crippen LogP) is 1.95. The van der Waals surface area contributed by atoms with E-state index in [0.717, 1.165) is 62.3 Å². The average molecular weight is 438 g/mol. The van der Waals surface area contributed by atoms with E-state index in [9.17, 15) is 13.2 Å². The molecule has 168 valence electrons. The number of carbonyl (C=O) groups excluding carboxylic acids is 1. The van der Waals surface area contributed by atoms with Crippen molar-refractivity contribution in [2.45, 2.75) is 51.5 Å². The van der Waals surface area contributed by atoms with E-state index in [2.05, 4.69) is 11.8 Å². The molecule has 0 saturated carbocycles. The molecule has 30 heavy (non-hydrogen) atoms. The van der Waals surface area contributed by atoms with Crippen LogP contribution in [0.1, 0.15) is 36.5 Å². The number of aryl methyl sites for hydroxylation is 3. The third-order valence-corrected chi connectivity index (χ3v) is 8.46. The van der Waals surface area contributed by atoms with Crippen LogP contribution in [-0.2, 0) is 19.6 Å². The molecule has 0 aliphatic carbocycles. The lowest BCUT2D eigenvalue weighted by Gasteiger charge is -2.34. The number of hydrogen-bond acceptors (Lipinski definition) is 5. The van der Waals surface area contributed by atoms with Gasteiger partial charge in [0.25, 0.3) is 0 Å². The quantitative estimate of drug-likeness (QED) is 0.652. The van der Waals surface area contributed by atoms with E-state index in [4.69, 9.17) is 4.74 Å². The second kappa shape index (κ2) is 9.77. The number of hydrogen-bond donors (Lipinski definition) is 0. The molecular weight excluding hydrogens is 402 g/mol. The van der Waals surface area contributed by atoms with Gasteiger partial charge in [0, 0.05) is 38.8 Å². The Morgan fingerprint density at radius 2 is 1.70 bits per heavy atom. The molecule has 7 nitrogen and oxygen atoms in total. The SMILES string of the molecule is CCN1CCN(C(=O)COC[C@@H]2CCCN2S(=O)(=O)c2c(C)cc(C)cc2C)CC1. The van der Waals surface area contributed by atoms with Gasteiger partial charge in [0.2, 0.25) is 15.9 Å². The van der Waals surface area contributed by atoms with Gasteiger partial charge in [-0.3, -0.25) is 4.79 Å². The van der Waals surface area contributed by atoms with Gasteiger partial charge in [-0.25, -0.2) is 8.42 Å². The first kappa shape index (κ1) is 23.2. The van der Waals surface area contributed by atoms with Gasteiger partial charge in [-0.15, -0.1) is 0 Å². The first-order valence-electron chi connectivity index (χ1n) is 10.9. The fraction of sp³-hybridized carbons (Fsp3) is 0.682. The van der Waals surface area contributed by atoms with E-state index >= 15 is 0 Å². The summed E-state index contributed by atoms with van der Waals surface area (Å²) in [6.07, 6.45) is 1.57. The Balaban J connectivity index is 1.59. The Labute approximate surface area is 181 Å². The van der Waals surface area contributed by atoms with Crippen LogP contribution in [0.25, 0.3) is 0 Å². The standard InChI is InChI=1S/C22H35N3O4S/c1-5-23-9-11-24(12-10-23)21(26)16-29-15-20-7-6-8-25(20)30(27,28)22-18(3)13-17(2)14-19(22)4/h13-14,20H,5-12,15-16H2,1-4H3/t20-/m0/s1. The van der Waals surface area contributed by atoms with Crippen molar-refractivity contribution in [1.82, 2.24) is 14.1 Å². The Morgan fingerprint density at radius 3 is 2.30 bits per heavy atom. The number of rotatable bonds is 7. The summed E-state index contributed by atoms with van der Waals surface area (Å²) in [6.45, 7) is 12.8. The molecule has 1 aromatic rings. The van der Waals surface area contributed by atoms with Crippen LogP contribution in [0, 0.1) is 20.8 Å². The fourth-order valence-corrected chi connectivity index (χ4v) is 6.76. The molecule has 0 radical (unpaired) electrons. The van der Waals surface area contributed by atoms with Gasteiger partial charge < -0.3 is 14.5 Å². The van der Waals surface area contributed by atoms with Gasteiger partial charge in [-0.2, -0.15) is 4.31 Å². The van der Waals surface area contributed by atoms with Crippen LogP contribution in [0.3, 0.4) is 0 Å². The highest BCUT2D eigenvalue weighted by molar-refractivity contribution is 7.89. The highest BCUT2D eigenvalue weighted by Gasteiger charge is 2.37. The monoisotopic (exact) mass is 437 g/mol. The van der Waals surface area contributed by atoms with E-state index in [0.29, 0.717) is 11.4 Å². The predicted molar refractivity (Wildman–Crippen MR) is 117 cm³/mol. The number of ether oxygens (including phenoxy) is 1. The summed E-state index contributed by atoms with van der Waals surface area (Å²) in [6, 6.07) is 3.61. The normalized spacial score (nSPS) is 21.3. The highest BCUT2D eigenvalue weighted by atomic mass is 32.2. The molecule has 2 heterocycles. The van der Waals surface area contributed by atoms with E-state index in [1.54, 1.807) is 4.31 Å². The average Bonchev–Trinajstić information content (AvgIpc) is 3.16. The molecule has 1 atom stereocenters. The minimum Gasteiger partial charge on any atom is -0.370 e. The minimum absolute atomic E-state index is 0.0108. The Morgan fingerprint density at radius 1 is 1.07 bits per heavy atom. The van der Waals surface area contributed by atoms with Gasteiger partial charge in [0.05, 0.1) is 11.5 Å². The zero-order valence-electron chi connectivity index (χ0n) is 18.7. The van der Waals surface area contributed by atoms with E-state index in [1.807, 2.05) is 37.8 Å². The smallest absolute Gasteiger partial charge is 0.248 e. The largest absolute Gasteiger partial charge is 0.370 e. The number of carbonyl (C=O) groups is 1. The molecule has 0 spiro atoms. The van der Waals surface area contributed by atoms with Crippen LogP contribution < -0.4 is 0 Å². The summed E-state index contributed by atoms with van der Waals surface area (Å²) in [5.41, 5.74) is 2.62. The summed E-state index contributed by atoms with van der Waals surface area (Å²) in [5, 5.41) is 0. The van der Waals surface area contributed by atoms with Crippen molar-refractivity contribution in [1.29, 1.82) is 0 Å². The maximum absolute atomic E-state index is 13.4. The third-order valence-electron chi connectivity index (χ3n) is 6.20. The summed E-state index contributed by atoms with van der Waals surface area (Å²) < 4.78 is 34.1. The van der Waals surface area contributed by atoms with Crippen molar-refractivity contribution < 1.29 is 17.9 Å². The molecule has 2 aliphatic heterocycles. The first-order chi connectivity index (χ1) is 14.2. The summed E-state index contributed by atoms with van der Waals surface area (Å²) in [5.74, 6) is -0.0108. The molecule has 0 N–H and O–H groups in total. The van der Waals surface area contributed by atoms with Gasteiger partial charge in [0.1, 0.15) is 6.61 Å². The topological polar surface area (TPSA) is 70.2 Å². The molecule has 3 rings (SSSR count). The fourth-order valence-electron chi connectivity index (χ4n) is 4.67. The van der Waals surface area contributed by atoms with Crippen LogP contribution in [0.4, 0.5) is 0 Å². The molecule has 2 aliphatic rings. The molecule has 1 amide bonds. The van der Waals surface area contributed by atoms with E-state index in [-0.39, 0.29) is 25.2 Å². The van der Waals surface area contributed by atoms with Gasteiger partial charge in [-0.05, 0) is 51.3 Å². The van der Waals surface area contributed by atoms with Gasteiger partial charge in [0.15, 0.2) is 0 Å². The Hall–Kier alpha value is -1.48. The maximum atomic E-state index is 13.4. The van der Waals surface area contributed by atoms with Crippen LogP contribution in [0.15, 0.2) is 17.0 Å².